The topological polar surface area (TPSA) is 17.1 Å². The van der Waals surface area contributed by atoms with Crippen LogP contribution in [0.3, 0.4) is 0 Å². The summed E-state index contributed by atoms with van der Waals surface area (Å²) in [7, 11) is 0. The molecule has 0 aromatic heterocycles. The van der Waals surface area contributed by atoms with Gasteiger partial charge in [0.1, 0.15) is 5.78 Å². The molecule has 0 spiro atoms. The molecule has 0 amide bonds. The van der Waals surface area contributed by atoms with Crippen molar-refractivity contribution in [2.24, 2.45) is 23.7 Å². The van der Waals surface area contributed by atoms with Gasteiger partial charge in [-0.05, 0) is 37.5 Å². The zero-order valence-electron chi connectivity index (χ0n) is 10.2. The van der Waals surface area contributed by atoms with Crippen LogP contribution in [0.2, 0.25) is 0 Å². The molecule has 2 fully saturated rings. The standard InChI is InChI=1S/C14H24O/c1-3-11-6-4-5-7-13(11)14(15)10(2)12-8-9-12/h10-13H,3-9H2,1-2H3. The van der Waals surface area contributed by atoms with Crippen molar-refractivity contribution in [2.45, 2.75) is 58.8 Å². The van der Waals surface area contributed by atoms with E-state index in [-0.39, 0.29) is 0 Å². The Labute approximate surface area is 93.6 Å². The molecule has 2 rings (SSSR count). The molecule has 3 unspecified atom stereocenters. The maximum absolute atomic E-state index is 12.3. The normalized spacial score (nSPS) is 33.7. The Morgan fingerprint density at radius 2 is 1.87 bits per heavy atom. The van der Waals surface area contributed by atoms with Crippen molar-refractivity contribution in [2.75, 3.05) is 0 Å². The van der Waals surface area contributed by atoms with E-state index < -0.39 is 0 Å². The maximum atomic E-state index is 12.3. The van der Waals surface area contributed by atoms with Crippen LogP contribution in [0, 0.1) is 23.7 Å². The van der Waals surface area contributed by atoms with Gasteiger partial charge in [-0.2, -0.15) is 0 Å². The summed E-state index contributed by atoms with van der Waals surface area (Å²) in [4.78, 5) is 12.3. The molecule has 0 bridgehead atoms. The Kier molecular flexibility index (Phi) is 3.48. The van der Waals surface area contributed by atoms with Gasteiger partial charge in [0.05, 0.1) is 0 Å². The molecule has 86 valence electrons. The van der Waals surface area contributed by atoms with Crippen LogP contribution in [-0.2, 0) is 4.79 Å². The lowest BCUT2D eigenvalue weighted by atomic mass is 9.72. The molecule has 2 aliphatic carbocycles. The highest BCUT2D eigenvalue weighted by Gasteiger charge is 2.38. The van der Waals surface area contributed by atoms with E-state index in [1.54, 1.807) is 0 Å². The zero-order chi connectivity index (χ0) is 10.8. The van der Waals surface area contributed by atoms with Gasteiger partial charge >= 0.3 is 0 Å². The molecule has 0 N–H and O–H groups in total. The minimum absolute atomic E-state index is 0.363. The summed E-state index contributed by atoms with van der Waals surface area (Å²) in [6, 6.07) is 0. The largest absolute Gasteiger partial charge is 0.299 e. The summed E-state index contributed by atoms with van der Waals surface area (Å²) < 4.78 is 0. The fraction of sp³-hybridized carbons (Fsp3) is 0.929. The van der Waals surface area contributed by atoms with E-state index in [1.165, 1.54) is 44.9 Å². The first kappa shape index (κ1) is 11.2. The fourth-order valence-corrected chi connectivity index (χ4v) is 3.24. The molecular weight excluding hydrogens is 184 g/mol. The maximum Gasteiger partial charge on any atom is 0.139 e. The molecule has 1 nitrogen and oxygen atoms in total. The fourth-order valence-electron chi connectivity index (χ4n) is 3.24. The number of hydrogen-bond donors (Lipinski definition) is 0. The van der Waals surface area contributed by atoms with Crippen molar-refractivity contribution in [1.82, 2.24) is 0 Å². The predicted molar refractivity (Wildman–Crippen MR) is 62.6 cm³/mol. The third-order valence-corrected chi connectivity index (χ3v) is 4.58. The average Bonchev–Trinajstić information content (AvgIpc) is 3.11. The Morgan fingerprint density at radius 3 is 2.47 bits per heavy atom. The van der Waals surface area contributed by atoms with Crippen molar-refractivity contribution in [3.63, 3.8) is 0 Å². The molecule has 0 radical (unpaired) electrons. The van der Waals surface area contributed by atoms with Crippen LogP contribution in [0.15, 0.2) is 0 Å². The lowest BCUT2D eigenvalue weighted by Crippen LogP contribution is -2.31. The highest BCUT2D eigenvalue weighted by Crippen LogP contribution is 2.41. The Morgan fingerprint density at radius 1 is 1.20 bits per heavy atom. The number of carbonyl (C=O) groups is 1. The van der Waals surface area contributed by atoms with E-state index in [1.807, 2.05) is 0 Å². The van der Waals surface area contributed by atoms with Gasteiger partial charge in [-0.1, -0.05) is 33.1 Å². The summed E-state index contributed by atoms with van der Waals surface area (Å²) in [6.07, 6.45) is 8.91. The predicted octanol–water partition coefficient (Wildman–Crippen LogP) is 3.82. The molecule has 0 aliphatic heterocycles. The van der Waals surface area contributed by atoms with E-state index in [2.05, 4.69) is 13.8 Å². The molecule has 2 saturated carbocycles. The minimum atomic E-state index is 0.363. The Bertz CT molecular complexity index is 229. The van der Waals surface area contributed by atoms with Crippen molar-refractivity contribution >= 4 is 5.78 Å². The smallest absolute Gasteiger partial charge is 0.139 e. The van der Waals surface area contributed by atoms with Crippen molar-refractivity contribution < 1.29 is 4.79 Å². The SMILES string of the molecule is CCC1CCCCC1C(=O)C(C)C1CC1. The van der Waals surface area contributed by atoms with E-state index in [9.17, 15) is 4.79 Å². The second kappa shape index (κ2) is 4.67. The first-order valence-electron chi connectivity index (χ1n) is 6.77. The molecule has 0 saturated heterocycles. The van der Waals surface area contributed by atoms with Crippen molar-refractivity contribution in [3.05, 3.63) is 0 Å². The number of ketones is 1. The molecule has 0 aromatic rings. The minimum Gasteiger partial charge on any atom is -0.299 e. The molecule has 0 heterocycles. The molecular formula is C14H24O. The summed E-state index contributed by atoms with van der Waals surface area (Å²) in [5.41, 5.74) is 0. The number of carbonyl (C=O) groups excluding carboxylic acids is 1. The molecule has 15 heavy (non-hydrogen) atoms. The van der Waals surface area contributed by atoms with Crippen LogP contribution in [0.1, 0.15) is 58.8 Å². The van der Waals surface area contributed by atoms with Crippen LogP contribution in [-0.4, -0.2) is 5.78 Å². The first-order valence-corrected chi connectivity index (χ1v) is 6.77. The number of Topliss-reactive ketones (excluding diaryl/α,β-unsaturated/α-hetero) is 1. The quantitative estimate of drug-likeness (QED) is 0.686. The third-order valence-electron chi connectivity index (χ3n) is 4.58. The van der Waals surface area contributed by atoms with Gasteiger partial charge in [0.25, 0.3) is 0 Å². The molecule has 3 atom stereocenters. The number of rotatable bonds is 4. The van der Waals surface area contributed by atoms with Gasteiger partial charge in [-0.25, -0.2) is 0 Å². The van der Waals surface area contributed by atoms with E-state index in [0.29, 0.717) is 23.5 Å². The van der Waals surface area contributed by atoms with Gasteiger partial charge in [0, 0.05) is 11.8 Å². The van der Waals surface area contributed by atoms with E-state index in [4.69, 9.17) is 0 Å². The summed E-state index contributed by atoms with van der Waals surface area (Å²) in [5.74, 6) is 2.83. The van der Waals surface area contributed by atoms with Crippen molar-refractivity contribution in [1.29, 1.82) is 0 Å². The van der Waals surface area contributed by atoms with Crippen LogP contribution < -0.4 is 0 Å². The Balaban J connectivity index is 1.96. The highest BCUT2D eigenvalue weighted by atomic mass is 16.1. The average molecular weight is 208 g/mol. The lowest BCUT2D eigenvalue weighted by molar-refractivity contribution is -0.129. The third kappa shape index (κ3) is 2.43. The number of hydrogen-bond acceptors (Lipinski definition) is 1. The second-order valence-electron chi connectivity index (χ2n) is 5.59. The van der Waals surface area contributed by atoms with Gasteiger partial charge in [-0.15, -0.1) is 0 Å². The molecule has 1 heteroatoms. The van der Waals surface area contributed by atoms with Gasteiger partial charge in [0.15, 0.2) is 0 Å². The van der Waals surface area contributed by atoms with Crippen molar-refractivity contribution in [3.8, 4) is 0 Å². The first-order chi connectivity index (χ1) is 7.24. The lowest BCUT2D eigenvalue weighted by Gasteiger charge is -2.31. The van der Waals surface area contributed by atoms with Crippen LogP contribution >= 0.6 is 0 Å². The van der Waals surface area contributed by atoms with E-state index in [0.717, 1.165) is 5.92 Å². The highest BCUT2D eigenvalue weighted by molar-refractivity contribution is 5.84. The summed E-state index contributed by atoms with van der Waals surface area (Å²) in [6.45, 7) is 4.42. The van der Waals surface area contributed by atoms with Crippen LogP contribution in [0.4, 0.5) is 0 Å². The second-order valence-corrected chi connectivity index (χ2v) is 5.59. The molecule has 0 aromatic carbocycles. The molecule has 2 aliphatic rings. The monoisotopic (exact) mass is 208 g/mol. The van der Waals surface area contributed by atoms with E-state index >= 15 is 0 Å². The summed E-state index contributed by atoms with van der Waals surface area (Å²) >= 11 is 0. The van der Waals surface area contributed by atoms with Gasteiger partial charge in [-0.3, -0.25) is 4.79 Å². The van der Waals surface area contributed by atoms with Gasteiger partial charge < -0.3 is 0 Å². The zero-order valence-corrected chi connectivity index (χ0v) is 10.2. The van der Waals surface area contributed by atoms with Crippen LogP contribution in [0.5, 0.6) is 0 Å². The Hall–Kier alpha value is -0.330. The van der Waals surface area contributed by atoms with Gasteiger partial charge in [0.2, 0.25) is 0 Å². The van der Waals surface area contributed by atoms with Crippen LogP contribution in [0.25, 0.3) is 0 Å². The summed E-state index contributed by atoms with van der Waals surface area (Å²) in [5, 5.41) is 0.